The number of thiophene rings is 1. The molecule has 19 heavy (non-hydrogen) atoms. The summed E-state index contributed by atoms with van der Waals surface area (Å²) in [5, 5.41) is 3.80. The second-order valence-electron chi connectivity index (χ2n) is 3.84. The minimum absolute atomic E-state index is 0.197. The lowest BCUT2D eigenvalue weighted by Crippen LogP contribution is -2.23. The Kier molecular flexibility index (Phi) is 4.31. The highest BCUT2D eigenvalue weighted by molar-refractivity contribution is 7.89. The van der Waals surface area contributed by atoms with E-state index in [1.54, 1.807) is 12.1 Å². The molecule has 0 unspecified atom stereocenters. The highest BCUT2D eigenvalue weighted by atomic mass is 32.2. The van der Waals surface area contributed by atoms with Crippen molar-refractivity contribution < 1.29 is 8.42 Å². The van der Waals surface area contributed by atoms with Crippen LogP contribution >= 0.6 is 23.6 Å². The van der Waals surface area contributed by atoms with Crippen LogP contribution < -0.4 is 10.5 Å². The number of thiocarbonyl (C=S) groups is 1. The van der Waals surface area contributed by atoms with Crippen molar-refractivity contribution in [2.24, 2.45) is 5.73 Å². The monoisotopic (exact) mass is 312 g/mol. The molecule has 0 spiro atoms. The van der Waals surface area contributed by atoms with E-state index in [0.717, 1.165) is 5.56 Å². The zero-order chi connectivity index (χ0) is 13.9. The van der Waals surface area contributed by atoms with Crippen LogP contribution in [0, 0.1) is 0 Å². The zero-order valence-electron chi connectivity index (χ0n) is 9.87. The van der Waals surface area contributed by atoms with E-state index in [1.807, 2.05) is 16.8 Å². The second kappa shape index (κ2) is 5.79. The highest BCUT2D eigenvalue weighted by Gasteiger charge is 2.13. The van der Waals surface area contributed by atoms with E-state index in [0.29, 0.717) is 5.56 Å². The van der Waals surface area contributed by atoms with E-state index >= 15 is 0 Å². The van der Waals surface area contributed by atoms with E-state index < -0.39 is 10.0 Å². The summed E-state index contributed by atoms with van der Waals surface area (Å²) >= 11 is 6.35. The molecule has 1 aromatic heterocycles. The lowest BCUT2D eigenvalue weighted by molar-refractivity contribution is 0.581. The molecule has 0 aliphatic rings. The minimum atomic E-state index is -3.51. The Hall–Kier alpha value is -1.28. The van der Waals surface area contributed by atoms with Gasteiger partial charge in [0.05, 0.1) is 4.90 Å². The molecule has 0 radical (unpaired) electrons. The van der Waals surface area contributed by atoms with Gasteiger partial charge in [0.2, 0.25) is 10.0 Å². The fourth-order valence-corrected chi connectivity index (χ4v) is 3.28. The Bertz CT molecular complexity index is 662. The van der Waals surface area contributed by atoms with Gasteiger partial charge in [-0.05, 0) is 34.5 Å². The molecule has 0 aliphatic carbocycles. The number of rotatable bonds is 5. The molecule has 1 heterocycles. The topological polar surface area (TPSA) is 72.2 Å². The fourth-order valence-electron chi connectivity index (χ4n) is 1.45. The van der Waals surface area contributed by atoms with Crippen LogP contribution in [-0.2, 0) is 16.6 Å². The van der Waals surface area contributed by atoms with Crippen LogP contribution in [0.1, 0.15) is 11.1 Å². The van der Waals surface area contributed by atoms with E-state index in [1.165, 1.54) is 23.5 Å². The van der Waals surface area contributed by atoms with Gasteiger partial charge in [0.25, 0.3) is 0 Å². The lowest BCUT2D eigenvalue weighted by atomic mass is 10.2. The third kappa shape index (κ3) is 3.60. The number of hydrogen-bond acceptors (Lipinski definition) is 4. The van der Waals surface area contributed by atoms with E-state index in [2.05, 4.69) is 4.72 Å². The molecular weight excluding hydrogens is 300 g/mol. The Morgan fingerprint density at radius 3 is 2.47 bits per heavy atom. The molecule has 0 bridgehead atoms. The first-order valence-corrected chi connectivity index (χ1v) is 8.23. The highest BCUT2D eigenvalue weighted by Crippen LogP contribution is 2.12. The van der Waals surface area contributed by atoms with Gasteiger partial charge >= 0.3 is 0 Å². The van der Waals surface area contributed by atoms with Crippen molar-refractivity contribution in [1.82, 2.24) is 4.72 Å². The molecule has 0 fully saturated rings. The van der Waals surface area contributed by atoms with Crippen molar-refractivity contribution >= 4 is 38.6 Å². The van der Waals surface area contributed by atoms with Gasteiger partial charge in [-0.15, -0.1) is 0 Å². The molecule has 0 saturated carbocycles. The molecule has 0 saturated heterocycles. The first-order chi connectivity index (χ1) is 8.99. The molecule has 4 nitrogen and oxygen atoms in total. The molecule has 7 heteroatoms. The smallest absolute Gasteiger partial charge is 0.240 e. The number of sulfonamides is 1. The van der Waals surface area contributed by atoms with Crippen LogP contribution in [0.3, 0.4) is 0 Å². The fraction of sp³-hybridized carbons (Fsp3) is 0.0833. The van der Waals surface area contributed by atoms with Gasteiger partial charge in [0, 0.05) is 12.1 Å². The van der Waals surface area contributed by atoms with Crippen LogP contribution in [0.5, 0.6) is 0 Å². The average molecular weight is 312 g/mol. The molecule has 100 valence electrons. The van der Waals surface area contributed by atoms with Crippen molar-refractivity contribution in [2.45, 2.75) is 11.4 Å². The van der Waals surface area contributed by atoms with Crippen LogP contribution in [0.4, 0.5) is 0 Å². The zero-order valence-corrected chi connectivity index (χ0v) is 12.3. The maximum absolute atomic E-state index is 12.0. The van der Waals surface area contributed by atoms with Crippen LogP contribution in [0.15, 0.2) is 46.0 Å². The van der Waals surface area contributed by atoms with Gasteiger partial charge in [0.15, 0.2) is 0 Å². The first kappa shape index (κ1) is 14.1. The van der Waals surface area contributed by atoms with E-state index in [-0.39, 0.29) is 16.4 Å². The summed E-state index contributed by atoms with van der Waals surface area (Å²) in [5.74, 6) is 0. The SMILES string of the molecule is NC(=S)c1ccc(S(=O)(=O)NCc2ccsc2)cc1. The van der Waals surface area contributed by atoms with Crippen molar-refractivity contribution in [1.29, 1.82) is 0 Å². The number of benzene rings is 1. The molecule has 0 atom stereocenters. The standard InChI is InChI=1S/C12H12N2O2S3/c13-12(17)10-1-3-11(4-2-10)19(15,16)14-7-9-5-6-18-8-9/h1-6,8,14H,7H2,(H2,13,17). The quantitative estimate of drug-likeness (QED) is 0.827. The Balaban J connectivity index is 2.13. The van der Waals surface area contributed by atoms with Crippen molar-refractivity contribution in [3.05, 3.63) is 52.2 Å². The normalized spacial score (nSPS) is 11.4. The summed E-state index contributed by atoms with van der Waals surface area (Å²) in [7, 11) is -3.51. The van der Waals surface area contributed by atoms with Crippen LogP contribution in [0.2, 0.25) is 0 Å². The average Bonchev–Trinajstić information content (AvgIpc) is 2.90. The summed E-state index contributed by atoms with van der Waals surface area (Å²) in [4.78, 5) is 0.443. The number of hydrogen-bond donors (Lipinski definition) is 2. The Morgan fingerprint density at radius 1 is 1.26 bits per heavy atom. The summed E-state index contributed by atoms with van der Waals surface area (Å²) < 4.78 is 26.6. The molecule has 2 rings (SSSR count). The first-order valence-electron chi connectivity index (χ1n) is 5.39. The second-order valence-corrected chi connectivity index (χ2v) is 6.83. The van der Waals surface area contributed by atoms with Crippen LogP contribution in [0.25, 0.3) is 0 Å². The van der Waals surface area contributed by atoms with Gasteiger partial charge in [-0.1, -0.05) is 24.4 Å². The van der Waals surface area contributed by atoms with Gasteiger partial charge in [-0.25, -0.2) is 13.1 Å². The molecule has 3 N–H and O–H groups in total. The summed E-state index contributed by atoms with van der Waals surface area (Å²) in [6.07, 6.45) is 0. The summed E-state index contributed by atoms with van der Waals surface area (Å²) in [5.41, 5.74) is 7.05. The minimum Gasteiger partial charge on any atom is -0.389 e. The van der Waals surface area contributed by atoms with Gasteiger partial charge in [-0.2, -0.15) is 11.3 Å². The van der Waals surface area contributed by atoms with Gasteiger partial charge < -0.3 is 5.73 Å². The van der Waals surface area contributed by atoms with Crippen molar-refractivity contribution in [3.8, 4) is 0 Å². The van der Waals surface area contributed by atoms with Gasteiger partial charge in [0.1, 0.15) is 4.99 Å². The summed E-state index contributed by atoms with van der Waals surface area (Å²) in [6, 6.07) is 8.06. The number of nitrogens with one attached hydrogen (secondary N) is 1. The van der Waals surface area contributed by atoms with Crippen molar-refractivity contribution in [2.75, 3.05) is 0 Å². The third-order valence-corrected chi connectivity index (χ3v) is 4.88. The van der Waals surface area contributed by atoms with Crippen LogP contribution in [-0.4, -0.2) is 13.4 Å². The molecule has 2 aromatic rings. The maximum atomic E-state index is 12.0. The van der Waals surface area contributed by atoms with E-state index in [4.69, 9.17) is 18.0 Å². The summed E-state index contributed by atoms with van der Waals surface area (Å²) in [6.45, 7) is 0.281. The van der Waals surface area contributed by atoms with Crippen molar-refractivity contribution in [3.63, 3.8) is 0 Å². The predicted molar refractivity (Wildman–Crippen MR) is 80.7 cm³/mol. The maximum Gasteiger partial charge on any atom is 0.240 e. The largest absolute Gasteiger partial charge is 0.389 e. The van der Waals surface area contributed by atoms with E-state index in [9.17, 15) is 8.42 Å². The Morgan fingerprint density at radius 2 is 1.95 bits per heavy atom. The van der Waals surface area contributed by atoms with Gasteiger partial charge in [-0.3, -0.25) is 0 Å². The molecule has 0 amide bonds. The Labute approximate surface area is 121 Å². The molecule has 0 aliphatic heterocycles. The molecular formula is C12H12N2O2S3. The molecule has 1 aromatic carbocycles. The lowest BCUT2D eigenvalue weighted by Gasteiger charge is -2.06. The predicted octanol–water partition coefficient (Wildman–Crippen LogP) is 1.86. The third-order valence-electron chi connectivity index (χ3n) is 2.50. The number of nitrogens with two attached hydrogens (primary N) is 1.